The summed E-state index contributed by atoms with van der Waals surface area (Å²) in [5.41, 5.74) is 2.97. The summed E-state index contributed by atoms with van der Waals surface area (Å²) >= 11 is 0. The molecule has 0 atom stereocenters. The summed E-state index contributed by atoms with van der Waals surface area (Å²) in [5, 5.41) is 9.12. The first-order valence-corrected chi connectivity index (χ1v) is 12.8. The van der Waals surface area contributed by atoms with Crippen molar-refractivity contribution in [2.45, 2.75) is 51.5 Å². The van der Waals surface area contributed by atoms with E-state index in [0.717, 1.165) is 40.9 Å². The van der Waals surface area contributed by atoms with Crippen LogP contribution in [0.2, 0.25) is 0 Å². The molecule has 0 aliphatic carbocycles. The highest BCUT2D eigenvalue weighted by Crippen LogP contribution is 2.31. The highest BCUT2D eigenvalue weighted by atomic mass is 32.2. The van der Waals surface area contributed by atoms with Crippen molar-refractivity contribution in [3.63, 3.8) is 0 Å². The highest BCUT2D eigenvalue weighted by molar-refractivity contribution is 7.91. The minimum Gasteiger partial charge on any atom is -0.355 e. The number of aryl methyl sites for hydroxylation is 2. The van der Waals surface area contributed by atoms with E-state index in [1.807, 2.05) is 44.2 Å². The summed E-state index contributed by atoms with van der Waals surface area (Å²) in [6.45, 7) is 14.2. The minimum atomic E-state index is -3.89. The molecule has 8 heteroatoms. The van der Waals surface area contributed by atoms with Crippen molar-refractivity contribution in [1.82, 2.24) is 19.8 Å². The van der Waals surface area contributed by atoms with Crippen molar-refractivity contribution in [2.24, 2.45) is 11.8 Å². The van der Waals surface area contributed by atoms with Gasteiger partial charge in [-0.2, -0.15) is 4.52 Å². The number of para-hydroxylation sites is 1. The monoisotopic (exact) mass is 465 g/mol. The van der Waals surface area contributed by atoms with Gasteiger partial charge in [0.25, 0.3) is 0 Å². The van der Waals surface area contributed by atoms with Crippen LogP contribution in [-0.4, -0.2) is 41.3 Å². The lowest BCUT2D eigenvalue weighted by Gasteiger charge is -2.28. The van der Waals surface area contributed by atoms with E-state index in [0.29, 0.717) is 11.8 Å². The Labute approximate surface area is 195 Å². The molecule has 2 aromatic heterocycles. The van der Waals surface area contributed by atoms with Gasteiger partial charge < -0.3 is 4.90 Å². The molecule has 0 aliphatic rings. The minimum absolute atomic E-state index is 0.119. The summed E-state index contributed by atoms with van der Waals surface area (Å²) in [7, 11) is -3.89. The van der Waals surface area contributed by atoms with Gasteiger partial charge in [0.05, 0.1) is 10.4 Å². The fourth-order valence-corrected chi connectivity index (χ4v) is 5.38. The number of benzene rings is 2. The first-order chi connectivity index (χ1) is 15.6. The standard InChI is InChI=1S/C25H31N5O2S/c1-16(2)14-29(15-17(3)4)23-21-9-7-8-10-22(21)30-24(26-23)25(27-28-30)33(31,32)20-12-11-18(5)19(6)13-20/h7-13,16-17H,14-15H2,1-6H3. The molecule has 4 rings (SSSR count). The van der Waals surface area contributed by atoms with Gasteiger partial charge in [-0.15, -0.1) is 5.10 Å². The fraction of sp³-hybridized carbons (Fsp3) is 0.400. The summed E-state index contributed by atoms with van der Waals surface area (Å²) in [5.74, 6) is 1.60. The van der Waals surface area contributed by atoms with Crippen LogP contribution in [0.15, 0.2) is 52.4 Å². The first-order valence-electron chi connectivity index (χ1n) is 11.3. The molecule has 0 spiro atoms. The molecule has 33 heavy (non-hydrogen) atoms. The molecule has 2 aromatic carbocycles. The van der Waals surface area contributed by atoms with E-state index in [-0.39, 0.29) is 15.6 Å². The van der Waals surface area contributed by atoms with Gasteiger partial charge in [-0.25, -0.2) is 13.4 Å². The molecule has 7 nitrogen and oxygen atoms in total. The topological polar surface area (TPSA) is 80.5 Å². The van der Waals surface area contributed by atoms with Crippen LogP contribution >= 0.6 is 0 Å². The quantitative estimate of drug-likeness (QED) is 0.388. The average molecular weight is 466 g/mol. The van der Waals surface area contributed by atoms with Gasteiger partial charge in [-0.05, 0) is 61.1 Å². The van der Waals surface area contributed by atoms with Gasteiger partial charge in [0.2, 0.25) is 14.9 Å². The van der Waals surface area contributed by atoms with Crippen molar-refractivity contribution >= 4 is 32.2 Å². The maximum Gasteiger partial charge on any atom is 0.229 e. The van der Waals surface area contributed by atoms with E-state index >= 15 is 0 Å². The molecule has 0 bridgehead atoms. The van der Waals surface area contributed by atoms with Gasteiger partial charge >= 0.3 is 0 Å². The van der Waals surface area contributed by atoms with Crippen LogP contribution in [0, 0.1) is 25.7 Å². The number of nitrogens with zero attached hydrogens (tertiary/aromatic N) is 5. The highest BCUT2D eigenvalue weighted by Gasteiger charge is 2.28. The lowest BCUT2D eigenvalue weighted by atomic mass is 10.1. The molecule has 0 unspecified atom stereocenters. The molecule has 0 radical (unpaired) electrons. The average Bonchev–Trinajstić information content (AvgIpc) is 3.19. The van der Waals surface area contributed by atoms with Crippen molar-refractivity contribution in [1.29, 1.82) is 0 Å². The second-order valence-corrected chi connectivity index (χ2v) is 11.4. The lowest BCUT2D eigenvalue weighted by Crippen LogP contribution is -2.32. The van der Waals surface area contributed by atoms with E-state index in [9.17, 15) is 8.42 Å². The van der Waals surface area contributed by atoms with E-state index in [4.69, 9.17) is 4.98 Å². The molecule has 0 saturated carbocycles. The Kier molecular flexibility index (Phi) is 6.14. The summed E-state index contributed by atoms with van der Waals surface area (Å²) in [6.07, 6.45) is 0. The van der Waals surface area contributed by atoms with Crippen LogP contribution in [0.3, 0.4) is 0 Å². The van der Waals surface area contributed by atoms with Crippen LogP contribution in [0.25, 0.3) is 16.6 Å². The van der Waals surface area contributed by atoms with Crippen LogP contribution in [0.5, 0.6) is 0 Å². The molecule has 0 fully saturated rings. The molecule has 0 aliphatic heterocycles. The van der Waals surface area contributed by atoms with E-state index in [2.05, 4.69) is 42.9 Å². The van der Waals surface area contributed by atoms with Gasteiger partial charge in [0.1, 0.15) is 5.82 Å². The summed E-state index contributed by atoms with van der Waals surface area (Å²) < 4.78 is 28.7. The molecular formula is C25H31N5O2S. The molecule has 2 heterocycles. The van der Waals surface area contributed by atoms with Crippen molar-refractivity contribution in [3.05, 3.63) is 53.6 Å². The summed E-state index contributed by atoms with van der Waals surface area (Å²) in [6, 6.07) is 12.9. The Morgan fingerprint density at radius 1 is 0.939 bits per heavy atom. The number of fused-ring (bicyclic) bond motifs is 3. The Morgan fingerprint density at radius 3 is 2.24 bits per heavy atom. The Hall–Kier alpha value is -3.00. The first kappa shape index (κ1) is 23.2. The number of anilines is 1. The van der Waals surface area contributed by atoms with Crippen molar-refractivity contribution in [2.75, 3.05) is 18.0 Å². The van der Waals surface area contributed by atoms with E-state index in [1.165, 1.54) is 4.52 Å². The zero-order valence-corrected chi connectivity index (χ0v) is 20.9. The van der Waals surface area contributed by atoms with Crippen LogP contribution in [-0.2, 0) is 9.84 Å². The number of hydrogen-bond donors (Lipinski definition) is 0. The SMILES string of the molecule is Cc1ccc(S(=O)(=O)c2nnn3c2nc(N(CC(C)C)CC(C)C)c2ccccc23)cc1C. The maximum absolute atomic E-state index is 13.6. The third kappa shape index (κ3) is 4.31. The van der Waals surface area contributed by atoms with E-state index in [1.54, 1.807) is 12.1 Å². The van der Waals surface area contributed by atoms with Gasteiger partial charge in [0.15, 0.2) is 5.65 Å². The van der Waals surface area contributed by atoms with Crippen molar-refractivity contribution < 1.29 is 8.42 Å². The van der Waals surface area contributed by atoms with Crippen LogP contribution < -0.4 is 4.90 Å². The normalized spacial score (nSPS) is 12.4. The predicted octanol–water partition coefficient (Wildman–Crippen LogP) is 4.85. The lowest BCUT2D eigenvalue weighted by molar-refractivity contribution is 0.550. The van der Waals surface area contributed by atoms with E-state index < -0.39 is 9.84 Å². The Balaban J connectivity index is 1.99. The molecule has 174 valence electrons. The number of sulfone groups is 1. The Morgan fingerprint density at radius 2 is 1.61 bits per heavy atom. The third-order valence-electron chi connectivity index (χ3n) is 5.72. The Bertz CT molecular complexity index is 1410. The molecule has 0 amide bonds. The van der Waals surface area contributed by atoms with Crippen molar-refractivity contribution in [3.8, 4) is 0 Å². The zero-order chi connectivity index (χ0) is 23.9. The fourth-order valence-electron chi connectivity index (χ4n) is 4.07. The smallest absolute Gasteiger partial charge is 0.229 e. The number of hydrogen-bond acceptors (Lipinski definition) is 6. The van der Waals surface area contributed by atoms with Gasteiger partial charge in [-0.3, -0.25) is 0 Å². The molecule has 0 N–H and O–H groups in total. The third-order valence-corrected chi connectivity index (χ3v) is 7.36. The molecule has 0 saturated heterocycles. The number of aromatic nitrogens is 4. The largest absolute Gasteiger partial charge is 0.355 e. The van der Waals surface area contributed by atoms with Gasteiger partial charge in [0, 0.05) is 18.5 Å². The molecular weight excluding hydrogens is 434 g/mol. The maximum atomic E-state index is 13.6. The summed E-state index contributed by atoms with van der Waals surface area (Å²) in [4.78, 5) is 7.33. The second-order valence-electron chi connectivity index (χ2n) is 9.52. The number of rotatable bonds is 7. The van der Waals surface area contributed by atoms with Gasteiger partial charge in [-0.1, -0.05) is 51.1 Å². The molecule has 4 aromatic rings. The van der Waals surface area contributed by atoms with Crippen LogP contribution in [0.4, 0.5) is 5.82 Å². The van der Waals surface area contributed by atoms with Crippen LogP contribution in [0.1, 0.15) is 38.8 Å². The predicted molar refractivity (Wildman–Crippen MR) is 132 cm³/mol. The second kappa shape index (κ2) is 8.74. The zero-order valence-electron chi connectivity index (χ0n) is 20.1.